The van der Waals surface area contributed by atoms with Gasteiger partial charge in [0, 0.05) is 6.26 Å². The smallest absolute Gasteiger partial charge is 0.265 e. The fraction of sp³-hybridized carbons (Fsp3) is 0.250. The summed E-state index contributed by atoms with van der Waals surface area (Å²) in [6, 6.07) is 5.84. The van der Waals surface area contributed by atoms with Crippen molar-refractivity contribution >= 4 is 25.5 Å². The molecule has 1 aromatic heterocycles. The number of sulfonamides is 1. The van der Waals surface area contributed by atoms with Crippen molar-refractivity contribution in [2.24, 2.45) is 0 Å². The third-order valence-electron chi connectivity index (χ3n) is 2.86. The minimum Gasteiger partial charge on any atom is -0.281 e. The minimum atomic E-state index is -3.92. The van der Waals surface area contributed by atoms with Crippen molar-refractivity contribution in [2.75, 3.05) is 11.0 Å². The molecule has 0 saturated carbocycles. The monoisotopic (exact) mass is 329 g/mol. The molecule has 0 unspecified atom stereocenters. The first-order valence-corrected chi connectivity index (χ1v) is 9.34. The lowest BCUT2D eigenvalue weighted by Crippen LogP contribution is -2.16. The Morgan fingerprint density at radius 2 is 1.71 bits per heavy atom. The molecule has 114 valence electrons. The molecule has 21 heavy (non-hydrogen) atoms. The molecule has 1 aromatic carbocycles. The molecule has 2 rings (SSSR count). The normalized spacial score (nSPS) is 12.3. The second-order valence-electron chi connectivity index (χ2n) is 4.64. The number of rotatable bonds is 4. The van der Waals surface area contributed by atoms with Crippen LogP contribution in [0.1, 0.15) is 11.4 Å². The third kappa shape index (κ3) is 3.08. The molecular weight excluding hydrogens is 314 g/mol. The van der Waals surface area contributed by atoms with E-state index in [9.17, 15) is 16.8 Å². The van der Waals surface area contributed by atoms with Crippen molar-refractivity contribution in [3.05, 3.63) is 35.7 Å². The highest BCUT2D eigenvalue weighted by atomic mass is 32.2. The largest absolute Gasteiger partial charge is 0.281 e. The molecule has 0 aliphatic rings. The molecule has 7 nitrogen and oxygen atoms in total. The van der Waals surface area contributed by atoms with Crippen molar-refractivity contribution in [3.63, 3.8) is 0 Å². The first kappa shape index (κ1) is 15.5. The Bertz CT molecular complexity index is 863. The van der Waals surface area contributed by atoms with Crippen molar-refractivity contribution in [1.82, 2.24) is 10.2 Å². The topological polar surface area (TPSA) is 109 Å². The van der Waals surface area contributed by atoms with Gasteiger partial charge in [-0.3, -0.25) is 9.82 Å². The van der Waals surface area contributed by atoms with Crippen LogP contribution in [0.25, 0.3) is 0 Å². The molecular formula is C12H15N3O4S2. The summed E-state index contributed by atoms with van der Waals surface area (Å²) in [6.07, 6.45) is 1.02. The van der Waals surface area contributed by atoms with Crippen molar-refractivity contribution in [3.8, 4) is 0 Å². The summed E-state index contributed by atoms with van der Waals surface area (Å²) in [6.45, 7) is 3.14. The Balaban J connectivity index is 2.53. The molecule has 0 radical (unpaired) electrons. The Kier molecular flexibility index (Phi) is 3.81. The van der Waals surface area contributed by atoms with E-state index in [-0.39, 0.29) is 15.5 Å². The van der Waals surface area contributed by atoms with Gasteiger partial charge in [0.25, 0.3) is 10.0 Å². The van der Waals surface area contributed by atoms with Gasteiger partial charge in [0.2, 0.25) is 0 Å². The summed E-state index contributed by atoms with van der Waals surface area (Å²) in [5, 5.41) is 6.42. The van der Waals surface area contributed by atoms with Crippen LogP contribution in [0, 0.1) is 13.8 Å². The predicted octanol–water partition coefficient (Wildman–Crippen LogP) is 1.23. The van der Waals surface area contributed by atoms with Crippen LogP contribution in [0.5, 0.6) is 0 Å². The van der Waals surface area contributed by atoms with Crippen LogP contribution in [-0.2, 0) is 19.9 Å². The number of aromatic nitrogens is 2. The molecule has 9 heteroatoms. The summed E-state index contributed by atoms with van der Waals surface area (Å²) in [5.74, 6) is 0. The summed E-state index contributed by atoms with van der Waals surface area (Å²) < 4.78 is 50.6. The van der Waals surface area contributed by atoms with E-state index in [1.807, 2.05) is 0 Å². The first-order valence-electron chi connectivity index (χ1n) is 5.96. The van der Waals surface area contributed by atoms with E-state index in [2.05, 4.69) is 14.9 Å². The third-order valence-corrected chi connectivity index (χ3v) is 5.64. The summed E-state index contributed by atoms with van der Waals surface area (Å²) in [4.78, 5) is -0.0572. The summed E-state index contributed by atoms with van der Waals surface area (Å²) in [5.41, 5.74) is 0.716. The quantitative estimate of drug-likeness (QED) is 0.877. The standard InChI is InChI=1S/C12H15N3O4S2/c1-8-12(9(2)14-13-8)21(18,19)15-10-6-4-5-7-11(10)20(3,16)17/h4-7,15H,1-3H3,(H,13,14). The maximum Gasteiger partial charge on any atom is 0.265 e. The second kappa shape index (κ2) is 5.15. The second-order valence-corrected chi connectivity index (χ2v) is 8.24. The van der Waals surface area contributed by atoms with Crippen molar-refractivity contribution in [1.29, 1.82) is 0 Å². The molecule has 0 saturated heterocycles. The van der Waals surface area contributed by atoms with Crippen molar-refractivity contribution in [2.45, 2.75) is 23.6 Å². The van der Waals surface area contributed by atoms with Crippen LogP contribution in [0.2, 0.25) is 0 Å². The highest BCUT2D eigenvalue weighted by Crippen LogP contribution is 2.25. The van der Waals surface area contributed by atoms with Gasteiger partial charge in [0.1, 0.15) is 4.90 Å². The van der Waals surface area contributed by atoms with Gasteiger partial charge < -0.3 is 0 Å². The van der Waals surface area contributed by atoms with Crippen LogP contribution in [0.3, 0.4) is 0 Å². The predicted molar refractivity (Wildman–Crippen MR) is 78.4 cm³/mol. The van der Waals surface area contributed by atoms with E-state index in [0.29, 0.717) is 11.4 Å². The van der Waals surface area contributed by atoms with E-state index in [0.717, 1.165) is 6.26 Å². The first-order chi connectivity index (χ1) is 9.63. The van der Waals surface area contributed by atoms with Gasteiger partial charge >= 0.3 is 0 Å². The van der Waals surface area contributed by atoms with Gasteiger partial charge in [0.15, 0.2) is 9.84 Å². The Morgan fingerprint density at radius 3 is 2.24 bits per heavy atom. The van der Waals surface area contributed by atoms with Crippen LogP contribution in [0.15, 0.2) is 34.1 Å². The number of aryl methyl sites for hydroxylation is 2. The Hall–Kier alpha value is -1.87. The number of hydrogen-bond donors (Lipinski definition) is 2. The minimum absolute atomic E-state index is 0.0139. The molecule has 0 fully saturated rings. The Morgan fingerprint density at radius 1 is 1.10 bits per heavy atom. The van der Waals surface area contributed by atoms with Gasteiger partial charge in [-0.05, 0) is 26.0 Å². The van der Waals surface area contributed by atoms with Gasteiger partial charge in [-0.1, -0.05) is 12.1 Å². The number of aromatic amines is 1. The number of sulfone groups is 1. The average Bonchev–Trinajstić information content (AvgIpc) is 2.68. The van der Waals surface area contributed by atoms with E-state index in [1.165, 1.54) is 18.2 Å². The highest BCUT2D eigenvalue weighted by molar-refractivity contribution is 7.93. The number of nitrogens with one attached hydrogen (secondary N) is 2. The molecule has 1 heterocycles. The zero-order valence-electron chi connectivity index (χ0n) is 11.7. The van der Waals surface area contributed by atoms with Gasteiger partial charge in [-0.15, -0.1) is 0 Å². The van der Waals surface area contributed by atoms with Crippen molar-refractivity contribution < 1.29 is 16.8 Å². The van der Waals surface area contributed by atoms with Gasteiger partial charge in [-0.25, -0.2) is 16.8 Å². The highest BCUT2D eigenvalue weighted by Gasteiger charge is 2.24. The van der Waals surface area contributed by atoms with E-state index >= 15 is 0 Å². The maximum absolute atomic E-state index is 12.4. The molecule has 0 spiro atoms. The lowest BCUT2D eigenvalue weighted by Gasteiger charge is -2.11. The maximum atomic E-state index is 12.4. The number of hydrogen-bond acceptors (Lipinski definition) is 5. The van der Waals surface area contributed by atoms with E-state index in [4.69, 9.17) is 0 Å². The molecule has 2 aromatic rings. The Labute approximate surface area is 123 Å². The van der Waals surface area contributed by atoms with Crippen LogP contribution in [0.4, 0.5) is 5.69 Å². The average molecular weight is 329 g/mol. The zero-order chi connectivity index (χ0) is 15.8. The molecule has 0 aliphatic heterocycles. The van der Waals surface area contributed by atoms with Crippen LogP contribution < -0.4 is 4.72 Å². The summed E-state index contributed by atoms with van der Waals surface area (Å²) in [7, 11) is -7.47. The number of para-hydroxylation sites is 1. The fourth-order valence-corrected chi connectivity index (χ4v) is 4.37. The molecule has 0 aliphatic carbocycles. The zero-order valence-corrected chi connectivity index (χ0v) is 13.3. The number of nitrogens with zero attached hydrogens (tertiary/aromatic N) is 1. The SMILES string of the molecule is Cc1n[nH]c(C)c1S(=O)(=O)Nc1ccccc1S(C)(=O)=O. The number of benzene rings is 1. The molecule has 0 bridgehead atoms. The fourth-order valence-electron chi connectivity index (χ4n) is 2.01. The molecule has 0 amide bonds. The number of anilines is 1. The molecule has 0 atom stereocenters. The van der Waals surface area contributed by atoms with Crippen LogP contribution >= 0.6 is 0 Å². The van der Waals surface area contributed by atoms with E-state index < -0.39 is 19.9 Å². The van der Waals surface area contributed by atoms with E-state index in [1.54, 1.807) is 19.9 Å². The lowest BCUT2D eigenvalue weighted by molar-refractivity contribution is 0.600. The summed E-state index contributed by atoms with van der Waals surface area (Å²) >= 11 is 0. The van der Waals surface area contributed by atoms with Gasteiger partial charge in [0.05, 0.1) is 22.0 Å². The van der Waals surface area contributed by atoms with Crippen LogP contribution in [-0.4, -0.2) is 33.3 Å². The molecule has 2 N–H and O–H groups in total. The number of H-pyrrole nitrogens is 1. The lowest BCUT2D eigenvalue weighted by atomic mass is 10.3. The van der Waals surface area contributed by atoms with Gasteiger partial charge in [-0.2, -0.15) is 5.10 Å².